The number of rotatable bonds is 7. The minimum Gasteiger partial charge on any atom is -0.486 e. The molecule has 0 bridgehead atoms. The third-order valence-corrected chi connectivity index (χ3v) is 5.78. The lowest BCUT2D eigenvalue weighted by Crippen LogP contribution is -2.39. The summed E-state index contributed by atoms with van der Waals surface area (Å²) >= 11 is 0. The van der Waals surface area contributed by atoms with E-state index in [9.17, 15) is 14.4 Å². The number of anilines is 1. The Kier molecular flexibility index (Phi) is 6.93. The highest BCUT2D eigenvalue weighted by atomic mass is 16.6. The second kappa shape index (κ2) is 10.0. The lowest BCUT2D eigenvalue weighted by Gasteiger charge is -2.31. The molecule has 1 aromatic heterocycles. The number of nitrogens with zero attached hydrogens (tertiary/aromatic N) is 2. The number of aromatic nitrogens is 1. The molecule has 0 radical (unpaired) electrons. The van der Waals surface area contributed by atoms with Crippen LogP contribution in [0.5, 0.6) is 11.5 Å². The van der Waals surface area contributed by atoms with Crippen molar-refractivity contribution in [3.8, 4) is 11.5 Å². The molecule has 176 valence electrons. The van der Waals surface area contributed by atoms with Crippen LogP contribution in [0.2, 0.25) is 0 Å². The van der Waals surface area contributed by atoms with E-state index >= 15 is 0 Å². The molecule has 2 aliphatic rings. The van der Waals surface area contributed by atoms with Gasteiger partial charge in [0, 0.05) is 44.3 Å². The van der Waals surface area contributed by atoms with E-state index in [0.717, 1.165) is 0 Å². The van der Waals surface area contributed by atoms with E-state index in [2.05, 4.69) is 10.5 Å². The highest BCUT2D eigenvalue weighted by Crippen LogP contribution is 2.36. The van der Waals surface area contributed by atoms with Gasteiger partial charge in [-0.3, -0.25) is 14.4 Å². The first-order chi connectivity index (χ1) is 15.9. The molecule has 1 saturated heterocycles. The van der Waals surface area contributed by atoms with Crippen molar-refractivity contribution in [3.63, 3.8) is 0 Å². The number of hydrogen-bond acceptors (Lipinski definition) is 8. The fourth-order valence-corrected chi connectivity index (χ4v) is 4.07. The molecule has 2 aliphatic heterocycles. The van der Waals surface area contributed by atoms with Gasteiger partial charge in [0.1, 0.15) is 19.8 Å². The maximum atomic E-state index is 12.7. The van der Waals surface area contributed by atoms with Gasteiger partial charge >= 0.3 is 0 Å². The number of likely N-dealkylation sites (tertiary alicyclic amines) is 1. The fourth-order valence-electron chi connectivity index (χ4n) is 4.07. The highest BCUT2D eigenvalue weighted by molar-refractivity contribution is 6.04. The van der Waals surface area contributed by atoms with Gasteiger partial charge in [-0.15, -0.1) is 0 Å². The van der Waals surface area contributed by atoms with Gasteiger partial charge in [0.05, 0.1) is 5.69 Å². The Morgan fingerprint density at radius 3 is 2.48 bits per heavy atom. The molecule has 1 aromatic carbocycles. The van der Waals surface area contributed by atoms with Crippen molar-refractivity contribution in [3.05, 3.63) is 35.2 Å². The maximum absolute atomic E-state index is 12.7. The van der Waals surface area contributed by atoms with Crippen LogP contribution in [-0.4, -0.2) is 61.1 Å². The van der Waals surface area contributed by atoms with Crippen LogP contribution in [0.4, 0.5) is 5.69 Å². The van der Waals surface area contributed by atoms with Crippen LogP contribution < -0.4 is 14.8 Å². The van der Waals surface area contributed by atoms with Crippen LogP contribution in [0.25, 0.3) is 0 Å². The Balaban J connectivity index is 1.32. The first-order valence-electron chi connectivity index (χ1n) is 10.9. The summed E-state index contributed by atoms with van der Waals surface area (Å²) in [6.45, 7) is 3.60. The van der Waals surface area contributed by atoms with Gasteiger partial charge < -0.3 is 29.0 Å². The van der Waals surface area contributed by atoms with Crippen LogP contribution in [0.1, 0.15) is 52.8 Å². The molecule has 10 nitrogen and oxygen atoms in total. The van der Waals surface area contributed by atoms with Gasteiger partial charge in [-0.25, -0.2) is 0 Å². The second-order valence-electron chi connectivity index (χ2n) is 8.20. The van der Waals surface area contributed by atoms with Gasteiger partial charge in [-0.1, -0.05) is 5.16 Å². The smallest absolute Gasteiger partial charge is 0.276 e. The number of Topliss-reactive ketones (excluding diaryl/α,β-unsaturated/α-hetero) is 1. The van der Waals surface area contributed by atoms with Crippen molar-refractivity contribution in [2.45, 2.75) is 32.8 Å². The number of fused-ring (bicyclic) bond motifs is 1. The highest BCUT2D eigenvalue weighted by Gasteiger charge is 2.27. The summed E-state index contributed by atoms with van der Waals surface area (Å²) < 4.78 is 21.2. The van der Waals surface area contributed by atoms with Crippen LogP contribution in [0, 0.1) is 5.92 Å². The number of ether oxygens (including phenoxy) is 3. The molecule has 1 fully saturated rings. The van der Waals surface area contributed by atoms with Gasteiger partial charge in [-0.05, 0) is 31.7 Å². The predicted molar refractivity (Wildman–Crippen MR) is 117 cm³/mol. The summed E-state index contributed by atoms with van der Waals surface area (Å²) in [7, 11) is 1.54. The van der Waals surface area contributed by atoms with Crippen molar-refractivity contribution in [2.75, 3.05) is 38.7 Å². The molecule has 10 heteroatoms. The molecule has 0 spiro atoms. The third-order valence-electron chi connectivity index (χ3n) is 5.78. The van der Waals surface area contributed by atoms with Gasteiger partial charge in [-0.2, -0.15) is 0 Å². The van der Waals surface area contributed by atoms with Crippen molar-refractivity contribution in [1.29, 1.82) is 0 Å². The van der Waals surface area contributed by atoms with Crippen LogP contribution in [0.15, 0.2) is 22.7 Å². The largest absolute Gasteiger partial charge is 0.486 e. The van der Waals surface area contributed by atoms with Gasteiger partial charge in [0.2, 0.25) is 5.91 Å². The second-order valence-corrected chi connectivity index (χ2v) is 8.20. The Labute approximate surface area is 191 Å². The number of piperidine rings is 1. The normalized spacial score (nSPS) is 15.9. The van der Waals surface area contributed by atoms with E-state index in [1.807, 2.05) is 0 Å². The first-order valence-corrected chi connectivity index (χ1v) is 10.9. The summed E-state index contributed by atoms with van der Waals surface area (Å²) in [5.41, 5.74) is 1.06. The van der Waals surface area contributed by atoms with Crippen molar-refractivity contribution in [2.24, 2.45) is 5.92 Å². The number of benzene rings is 1. The molecule has 3 heterocycles. The quantitative estimate of drug-likeness (QED) is 0.630. The number of carbonyl (C=O) groups is 3. The Morgan fingerprint density at radius 2 is 1.82 bits per heavy atom. The van der Waals surface area contributed by atoms with Gasteiger partial charge in [0.25, 0.3) is 5.91 Å². The standard InChI is InChI=1S/C23H27N3O7/c1-14(27)17-11-20-21(32-8-7-31-20)12-18(17)24-22(28)9-15-3-5-26(6-4-15)23(29)19-10-16(13-30-2)33-25-19/h10-12,15H,3-9,13H2,1-2H3,(H,24,28). The Hall–Kier alpha value is -3.40. The van der Waals surface area contributed by atoms with Gasteiger partial charge in [0.15, 0.2) is 28.7 Å². The summed E-state index contributed by atoms with van der Waals surface area (Å²) in [4.78, 5) is 39.1. The molecule has 0 aliphatic carbocycles. The minimum atomic E-state index is -0.189. The molecule has 4 rings (SSSR count). The number of amides is 2. The number of carbonyl (C=O) groups excluding carboxylic acids is 3. The van der Waals surface area contributed by atoms with E-state index < -0.39 is 0 Å². The van der Waals surface area contributed by atoms with Crippen LogP contribution in [-0.2, 0) is 16.1 Å². The number of nitrogens with one attached hydrogen (secondary N) is 1. The van der Waals surface area contributed by atoms with E-state index in [-0.39, 0.29) is 35.8 Å². The lowest BCUT2D eigenvalue weighted by atomic mass is 9.93. The molecule has 2 aromatic rings. The Bertz CT molecular complexity index is 1040. The topological polar surface area (TPSA) is 120 Å². The average molecular weight is 457 g/mol. The number of methoxy groups -OCH3 is 1. The zero-order valence-corrected chi connectivity index (χ0v) is 18.7. The molecule has 2 amide bonds. The molecular formula is C23H27N3O7. The van der Waals surface area contributed by atoms with Crippen LogP contribution in [0.3, 0.4) is 0 Å². The summed E-state index contributed by atoms with van der Waals surface area (Å²) in [5.74, 6) is 1.10. The van der Waals surface area contributed by atoms with E-state index in [4.69, 9.17) is 18.7 Å². The first kappa shape index (κ1) is 22.8. The molecule has 33 heavy (non-hydrogen) atoms. The predicted octanol–water partition coefficient (Wildman–Crippen LogP) is 2.68. The van der Waals surface area contributed by atoms with E-state index in [0.29, 0.717) is 74.1 Å². The molecular weight excluding hydrogens is 430 g/mol. The summed E-state index contributed by atoms with van der Waals surface area (Å²) in [6.07, 6.45) is 1.70. The number of hydrogen-bond donors (Lipinski definition) is 1. The summed E-state index contributed by atoms with van der Waals surface area (Å²) in [6, 6.07) is 4.84. The molecule has 0 saturated carbocycles. The van der Waals surface area contributed by atoms with Crippen molar-refractivity contribution >= 4 is 23.3 Å². The number of ketones is 1. The average Bonchev–Trinajstić information content (AvgIpc) is 3.27. The fraction of sp³-hybridized carbons (Fsp3) is 0.478. The van der Waals surface area contributed by atoms with E-state index in [1.165, 1.54) is 6.92 Å². The molecule has 1 N–H and O–H groups in total. The van der Waals surface area contributed by atoms with Crippen molar-refractivity contribution < 1.29 is 33.1 Å². The SMILES string of the molecule is COCc1cc(C(=O)N2CCC(CC(=O)Nc3cc4c(cc3C(C)=O)OCCO4)CC2)no1. The lowest BCUT2D eigenvalue weighted by molar-refractivity contribution is -0.117. The zero-order valence-electron chi connectivity index (χ0n) is 18.7. The maximum Gasteiger partial charge on any atom is 0.276 e. The molecule has 0 unspecified atom stereocenters. The summed E-state index contributed by atoms with van der Waals surface area (Å²) in [5, 5.41) is 6.67. The van der Waals surface area contributed by atoms with Crippen molar-refractivity contribution in [1.82, 2.24) is 10.1 Å². The third kappa shape index (κ3) is 5.33. The molecule has 0 atom stereocenters. The zero-order chi connectivity index (χ0) is 23.4. The van der Waals surface area contributed by atoms with Crippen LogP contribution >= 0.6 is 0 Å². The van der Waals surface area contributed by atoms with E-state index in [1.54, 1.807) is 30.2 Å². The monoisotopic (exact) mass is 457 g/mol. The Morgan fingerprint density at radius 1 is 1.12 bits per heavy atom. The minimum absolute atomic E-state index is 0.133.